The Hall–Kier alpha value is -3.88. The highest BCUT2D eigenvalue weighted by Crippen LogP contribution is 2.37. The van der Waals surface area contributed by atoms with Gasteiger partial charge in [0, 0.05) is 5.39 Å². The minimum Gasteiger partial charge on any atom is -0.508 e. The molecule has 4 N–H and O–H groups in total. The van der Waals surface area contributed by atoms with Gasteiger partial charge >= 0.3 is 0 Å². The van der Waals surface area contributed by atoms with E-state index in [1.54, 1.807) is 13.0 Å². The molecule has 1 atom stereocenters. The smallest absolute Gasteiger partial charge is 0.261 e. The highest BCUT2D eigenvalue weighted by atomic mass is 28.4. The van der Waals surface area contributed by atoms with Gasteiger partial charge in [-0.25, -0.2) is 0 Å². The molecule has 2 amide bonds. The summed E-state index contributed by atoms with van der Waals surface area (Å²) >= 11 is 0. The van der Waals surface area contributed by atoms with Gasteiger partial charge in [0.1, 0.15) is 23.1 Å². The van der Waals surface area contributed by atoms with E-state index in [1.165, 1.54) is 12.1 Å². The Balaban J connectivity index is 1.69. The summed E-state index contributed by atoms with van der Waals surface area (Å²) < 4.78 is 12.5. The Morgan fingerprint density at radius 3 is 2.08 bits per heavy atom. The van der Waals surface area contributed by atoms with E-state index < -0.39 is 26.2 Å². The average molecular weight is 517 g/mol. The van der Waals surface area contributed by atoms with Crippen LogP contribution < -0.4 is 21.4 Å². The third kappa shape index (κ3) is 5.03. The first-order valence-corrected chi connectivity index (χ1v) is 14.0. The number of nitrogens with two attached hydrogens (primary N) is 1. The van der Waals surface area contributed by atoms with E-state index >= 15 is 0 Å². The van der Waals surface area contributed by atoms with Crippen LogP contribution in [0.4, 0.5) is 0 Å². The lowest BCUT2D eigenvalue weighted by atomic mass is 10.1. The second-order valence-electron chi connectivity index (χ2n) is 10.1. The number of hydrogen-bond donors (Lipinski definition) is 3. The predicted octanol–water partition coefficient (Wildman–Crippen LogP) is 3.61. The van der Waals surface area contributed by atoms with Crippen molar-refractivity contribution >= 4 is 41.5 Å². The minimum atomic E-state index is -2.95. The van der Waals surface area contributed by atoms with E-state index in [-0.39, 0.29) is 23.0 Å². The third-order valence-corrected chi connectivity index (χ3v) is 11.6. The monoisotopic (exact) mass is 516 g/mol. The largest absolute Gasteiger partial charge is 0.508 e. The second kappa shape index (κ2) is 10.2. The number of aryl methyl sites for hydroxylation is 1. The Bertz CT molecular complexity index is 1370. The molecule has 0 aliphatic carbocycles. The van der Waals surface area contributed by atoms with Gasteiger partial charge in [-0.05, 0) is 40.5 Å². The molecule has 0 aliphatic rings. The fraction of sp³-hybridized carbons (Fsp3) is 0.241. The van der Waals surface area contributed by atoms with Crippen molar-refractivity contribution in [3.63, 3.8) is 0 Å². The Labute approximate surface area is 217 Å². The number of nitrogens with one attached hydrogen (secondary N) is 1. The molecule has 3 aromatic carbocycles. The summed E-state index contributed by atoms with van der Waals surface area (Å²) in [5, 5.41) is 14.9. The SMILES string of the molecule is Cc1oc2ccc(O)cc2c1C(=O)N[C@@H](CO[Si](c1ccccc1)(c1ccccc1)C(C)(C)C)C(N)=O. The van der Waals surface area contributed by atoms with Gasteiger partial charge in [0.05, 0.1) is 12.2 Å². The standard InChI is InChI=1S/C29H32N2O5Si/c1-19-26(23-17-20(32)15-16-25(23)36-19)28(34)31-24(27(30)33)18-35-37(29(2,3)4,21-11-7-5-8-12-21)22-13-9-6-10-14-22/h5-17,24,32H,18H2,1-4H3,(H2,30,33)(H,31,34)/t24-/m0/s1. The van der Waals surface area contributed by atoms with Gasteiger partial charge in [0.15, 0.2) is 0 Å². The molecule has 1 aromatic heterocycles. The lowest BCUT2D eigenvalue weighted by molar-refractivity contribution is -0.120. The molecule has 0 radical (unpaired) electrons. The molecule has 0 bridgehead atoms. The van der Waals surface area contributed by atoms with Gasteiger partial charge in [-0.2, -0.15) is 0 Å². The predicted molar refractivity (Wildman–Crippen MR) is 147 cm³/mol. The first kappa shape index (κ1) is 26.2. The van der Waals surface area contributed by atoms with Gasteiger partial charge in [0.2, 0.25) is 5.91 Å². The summed E-state index contributed by atoms with van der Waals surface area (Å²) in [6.07, 6.45) is 0. The number of furan rings is 1. The van der Waals surface area contributed by atoms with Crippen molar-refractivity contribution in [2.24, 2.45) is 5.73 Å². The van der Waals surface area contributed by atoms with E-state index in [2.05, 4.69) is 50.4 Å². The molecule has 0 fully saturated rings. The molecule has 37 heavy (non-hydrogen) atoms. The quantitative estimate of drug-likeness (QED) is 0.310. The number of phenolic OH excluding ortho intramolecular Hbond substituents is 1. The molecule has 192 valence electrons. The van der Waals surface area contributed by atoms with E-state index in [1.807, 2.05) is 36.4 Å². The maximum atomic E-state index is 13.3. The van der Waals surface area contributed by atoms with Crippen molar-refractivity contribution in [1.29, 1.82) is 0 Å². The number of amides is 2. The molecule has 4 rings (SSSR count). The van der Waals surface area contributed by atoms with Crippen LogP contribution in [0.3, 0.4) is 0 Å². The Morgan fingerprint density at radius 2 is 1.57 bits per heavy atom. The highest BCUT2D eigenvalue weighted by molar-refractivity contribution is 6.99. The molecule has 8 heteroatoms. The van der Waals surface area contributed by atoms with Crippen LogP contribution in [0.5, 0.6) is 5.75 Å². The van der Waals surface area contributed by atoms with Crippen LogP contribution in [0.15, 0.2) is 83.3 Å². The molecular weight excluding hydrogens is 484 g/mol. The number of rotatable bonds is 8. The van der Waals surface area contributed by atoms with Gasteiger partial charge < -0.3 is 25.0 Å². The van der Waals surface area contributed by atoms with Gasteiger partial charge in [-0.15, -0.1) is 0 Å². The lowest BCUT2D eigenvalue weighted by Crippen LogP contribution is -2.67. The third-order valence-electron chi connectivity index (χ3n) is 6.61. The van der Waals surface area contributed by atoms with Crippen molar-refractivity contribution in [2.75, 3.05) is 6.61 Å². The number of carbonyl (C=O) groups is 2. The number of fused-ring (bicyclic) bond motifs is 1. The van der Waals surface area contributed by atoms with Crippen molar-refractivity contribution in [3.05, 3.63) is 90.2 Å². The molecule has 1 heterocycles. The zero-order chi connectivity index (χ0) is 26.8. The van der Waals surface area contributed by atoms with Crippen LogP contribution in [0.25, 0.3) is 11.0 Å². The fourth-order valence-corrected chi connectivity index (χ4v) is 9.46. The highest BCUT2D eigenvalue weighted by Gasteiger charge is 2.50. The van der Waals surface area contributed by atoms with Gasteiger partial charge in [-0.3, -0.25) is 9.59 Å². The first-order valence-electron chi connectivity index (χ1n) is 12.1. The fourth-order valence-electron chi connectivity index (χ4n) is 4.89. The summed E-state index contributed by atoms with van der Waals surface area (Å²) in [5.74, 6) is -0.866. The summed E-state index contributed by atoms with van der Waals surface area (Å²) in [5.41, 5.74) is 6.44. The van der Waals surface area contributed by atoms with E-state index in [4.69, 9.17) is 14.6 Å². The van der Waals surface area contributed by atoms with E-state index in [9.17, 15) is 14.7 Å². The van der Waals surface area contributed by atoms with Gasteiger partial charge in [-0.1, -0.05) is 81.4 Å². The van der Waals surface area contributed by atoms with Crippen LogP contribution >= 0.6 is 0 Å². The maximum Gasteiger partial charge on any atom is 0.261 e. The number of hydrogen-bond acceptors (Lipinski definition) is 5. The molecule has 0 aliphatic heterocycles. The minimum absolute atomic E-state index is 0.00353. The zero-order valence-corrected chi connectivity index (χ0v) is 22.4. The van der Waals surface area contributed by atoms with Crippen LogP contribution in [0.1, 0.15) is 36.9 Å². The van der Waals surface area contributed by atoms with E-state index in [0.29, 0.717) is 16.7 Å². The Morgan fingerprint density at radius 1 is 1.00 bits per heavy atom. The summed E-state index contributed by atoms with van der Waals surface area (Å²) in [6, 6.07) is 23.5. The second-order valence-corrected chi connectivity index (χ2v) is 14.4. The summed E-state index contributed by atoms with van der Waals surface area (Å²) in [7, 11) is -2.95. The zero-order valence-electron chi connectivity index (χ0n) is 21.4. The number of aromatic hydroxyl groups is 1. The van der Waals surface area contributed by atoms with Crippen LogP contribution in [-0.2, 0) is 9.22 Å². The van der Waals surface area contributed by atoms with Crippen molar-refractivity contribution in [3.8, 4) is 5.75 Å². The molecule has 7 nitrogen and oxygen atoms in total. The van der Waals surface area contributed by atoms with E-state index in [0.717, 1.165) is 10.4 Å². The molecule has 0 spiro atoms. The van der Waals surface area contributed by atoms with Crippen molar-refractivity contribution < 1.29 is 23.5 Å². The van der Waals surface area contributed by atoms with Crippen molar-refractivity contribution in [1.82, 2.24) is 5.32 Å². The topological polar surface area (TPSA) is 115 Å². The summed E-state index contributed by atoms with van der Waals surface area (Å²) in [6.45, 7) is 7.94. The number of carbonyl (C=O) groups excluding carboxylic acids is 2. The number of primary amides is 1. The number of benzene rings is 3. The van der Waals surface area contributed by atoms with Crippen molar-refractivity contribution in [2.45, 2.75) is 38.8 Å². The Kier molecular flexibility index (Phi) is 7.25. The molecule has 0 saturated carbocycles. The first-order chi connectivity index (χ1) is 17.5. The normalized spacial score (nSPS) is 12.9. The van der Waals surface area contributed by atoms with Crippen LogP contribution in [0.2, 0.25) is 5.04 Å². The summed E-state index contributed by atoms with van der Waals surface area (Å²) in [4.78, 5) is 25.8. The molecule has 0 unspecified atom stereocenters. The van der Waals surface area contributed by atoms with Crippen LogP contribution in [-0.4, -0.2) is 37.9 Å². The lowest BCUT2D eigenvalue weighted by Gasteiger charge is -2.43. The van der Waals surface area contributed by atoms with Crippen LogP contribution in [0, 0.1) is 6.92 Å². The maximum absolute atomic E-state index is 13.3. The van der Waals surface area contributed by atoms with Gasteiger partial charge in [0.25, 0.3) is 14.2 Å². The molecule has 0 saturated heterocycles. The molecular formula is C29H32N2O5Si. The number of phenols is 1. The average Bonchev–Trinajstić information content (AvgIpc) is 3.18. The molecule has 4 aromatic rings.